The van der Waals surface area contributed by atoms with Gasteiger partial charge in [0, 0.05) is 41.8 Å². The molecule has 0 amide bonds. The first-order chi connectivity index (χ1) is 41.6. The third-order valence-electron chi connectivity index (χ3n) is 19.2. The fourth-order valence-corrected chi connectivity index (χ4v) is 16.6. The van der Waals surface area contributed by atoms with Gasteiger partial charge in [-0.25, -0.2) is 0 Å². The van der Waals surface area contributed by atoms with E-state index in [4.69, 9.17) is 0 Å². The Labute approximate surface area is 520 Å². The minimum absolute atomic E-state index is 0.132. The fraction of sp³-hybridized carbons (Fsp3) is 0.244. The summed E-state index contributed by atoms with van der Waals surface area (Å²) in [7, 11) is 0. The molecule has 428 valence electrons. The van der Waals surface area contributed by atoms with E-state index in [2.05, 4.69) is 297 Å². The smallest absolute Gasteiger partial charge is 0.0602 e. The van der Waals surface area contributed by atoms with Gasteiger partial charge in [0.1, 0.15) is 0 Å². The number of anilines is 5. The molecule has 2 heterocycles. The number of allylic oxidation sites excluding steroid dienone is 2. The quantitative estimate of drug-likeness (QED) is 0.120. The lowest BCUT2D eigenvalue weighted by Gasteiger charge is -2.40. The van der Waals surface area contributed by atoms with E-state index in [1.165, 1.54) is 150 Å². The highest BCUT2D eigenvalue weighted by molar-refractivity contribution is 8.03. The predicted molar refractivity (Wildman–Crippen MR) is 371 cm³/mol. The summed E-state index contributed by atoms with van der Waals surface area (Å²) in [5, 5.41) is 2.68. The normalized spacial score (nSPS) is 16.6. The molecule has 0 fully saturated rings. The minimum atomic E-state index is -0.147. The molecule has 0 saturated carbocycles. The molecule has 10 aromatic carbocycles. The van der Waals surface area contributed by atoms with Crippen molar-refractivity contribution in [2.75, 3.05) is 9.80 Å². The van der Waals surface area contributed by atoms with Crippen LogP contribution in [-0.2, 0) is 21.7 Å². The molecule has 0 radical (unpaired) electrons. The Morgan fingerprint density at radius 2 is 0.953 bits per heavy atom. The number of thioether (sulfide) groups is 1. The Kier molecular flexibility index (Phi) is 14.3. The topological polar surface area (TPSA) is 6.48 Å². The van der Waals surface area contributed by atoms with Crippen LogP contribution in [0.1, 0.15) is 135 Å². The molecule has 1 unspecified atom stereocenters. The lowest BCUT2D eigenvalue weighted by molar-refractivity contribution is 0.417. The molecule has 2 aliphatic carbocycles. The van der Waals surface area contributed by atoms with Gasteiger partial charge < -0.3 is 9.80 Å². The summed E-state index contributed by atoms with van der Waals surface area (Å²) in [4.78, 5) is 10.3. The van der Waals surface area contributed by atoms with Crippen molar-refractivity contribution in [2.45, 2.75) is 144 Å². The molecule has 0 saturated heterocycles. The average molecular weight is 1160 g/mol. The van der Waals surface area contributed by atoms with E-state index in [0.29, 0.717) is 0 Å². The highest BCUT2D eigenvalue weighted by Crippen LogP contribution is 2.60. The molecule has 0 spiro atoms. The molecule has 10 aromatic rings. The maximum atomic E-state index is 2.63. The van der Waals surface area contributed by atoms with Crippen molar-refractivity contribution in [1.82, 2.24) is 0 Å². The van der Waals surface area contributed by atoms with Crippen LogP contribution in [0.15, 0.2) is 250 Å². The summed E-state index contributed by atoms with van der Waals surface area (Å²) < 4.78 is 0. The highest BCUT2D eigenvalue weighted by atomic mass is 32.2. The van der Waals surface area contributed by atoms with Gasteiger partial charge in [0.2, 0.25) is 0 Å². The Morgan fingerprint density at radius 1 is 0.453 bits per heavy atom. The van der Waals surface area contributed by atoms with E-state index < -0.39 is 0 Å². The van der Waals surface area contributed by atoms with E-state index >= 15 is 0 Å². The number of hydrogen-bond donors (Lipinski definition) is 0. The molecular formula is C82H78N2S2. The second kappa shape index (κ2) is 21.9. The maximum Gasteiger partial charge on any atom is 0.0602 e. The van der Waals surface area contributed by atoms with Gasteiger partial charge in [0.25, 0.3) is 0 Å². The van der Waals surface area contributed by atoms with Crippen molar-refractivity contribution in [1.29, 1.82) is 0 Å². The summed E-state index contributed by atoms with van der Waals surface area (Å²) in [6.07, 6.45) is 12.9. The number of fused-ring (bicyclic) bond motifs is 9. The maximum absolute atomic E-state index is 2.63. The van der Waals surface area contributed by atoms with Crippen LogP contribution in [0.4, 0.5) is 28.4 Å². The van der Waals surface area contributed by atoms with Crippen LogP contribution < -0.4 is 9.80 Å². The van der Waals surface area contributed by atoms with Crippen molar-refractivity contribution in [2.24, 2.45) is 0 Å². The number of hydrogen-bond acceptors (Lipinski definition) is 4. The van der Waals surface area contributed by atoms with Gasteiger partial charge in [-0.05, 0) is 174 Å². The first-order valence-corrected chi connectivity index (χ1v) is 33.1. The Balaban J connectivity index is 0.806. The van der Waals surface area contributed by atoms with Crippen LogP contribution in [0, 0.1) is 0 Å². The molecular weight excluding hydrogens is 1080 g/mol. The van der Waals surface area contributed by atoms with Gasteiger partial charge in [0.15, 0.2) is 0 Å². The molecule has 2 aliphatic heterocycles. The van der Waals surface area contributed by atoms with Crippen LogP contribution in [0.25, 0.3) is 55.3 Å². The summed E-state index contributed by atoms with van der Waals surface area (Å²) >= 11 is 3.81. The van der Waals surface area contributed by atoms with Gasteiger partial charge in [-0.2, -0.15) is 0 Å². The van der Waals surface area contributed by atoms with Crippen LogP contribution in [0.5, 0.6) is 0 Å². The molecule has 0 N–H and O–H groups in total. The molecule has 0 bridgehead atoms. The van der Waals surface area contributed by atoms with E-state index in [1.54, 1.807) is 0 Å². The van der Waals surface area contributed by atoms with Crippen LogP contribution >= 0.6 is 23.5 Å². The largest absolute Gasteiger partial charge is 0.309 e. The lowest BCUT2D eigenvalue weighted by Crippen LogP contribution is -2.29. The number of benzene rings is 10. The molecule has 1 atom stereocenters. The zero-order valence-electron chi connectivity index (χ0n) is 51.5. The number of rotatable bonds is 12. The van der Waals surface area contributed by atoms with E-state index in [-0.39, 0.29) is 21.7 Å². The zero-order valence-corrected chi connectivity index (χ0v) is 53.2. The monoisotopic (exact) mass is 1150 g/mol. The second-order valence-electron chi connectivity index (χ2n) is 26.9. The van der Waals surface area contributed by atoms with E-state index in [9.17, 15) is 0 Å². The summed E-state index contributed by atoms with van der Waals surface area (Å²) in [6, 6.07) is 81.6. The molecule has 86 heavy (non-hydrogen) atoms. The zero-order chi connectivity index (χ0) is 59.1. The second-order valence-corrected chi connectivity index (χ2v) is 29.1. The summed E-state index contributed by atoms with van der Waals surface area (Å²) in [6.45, 7) is 20.8. The Morgan fingerprint density at radius 3 is 1.56 bits per heavy atom. The van der Waals surface area contributed by atoms with Gasteiger partial charge in [-0.15, -0.1) is 0 Å². The molecule has 0 aromatic heterocycles. The summed E-state index contributed by atoms with van der Waals surface area (Å²) in [5.41, 5.74) is 24.8. The van der Waals surface area contributed by atoms with Crippen molar-refractivity contribution in [3.63, 3.8) is 0 Å². The van der Waals surface area contributed by atoms with Gasteiger partial charge in [-0.1, -0.05) is 275 Å². The number of para-hydroxylation sites is 2. The third kappa shape index (κ3) is 9.86. The lowest BCUT2D eigenvalue weighted by atomic mass is 9.69. The van der Waals surface area contributed by atoms with Crippen molar-refractivity contribution in [3.05, 3.63) is 263 Å². The average Bonchev–Trinajstić information content (AvgIpc) is 1.97. The Hall–Kier alpha value is -7.76. The number of unbranched alkanes of at least 4 members (excludes halogenated alkanes) is 2. The first-order valence-electron chi connectivity index (χ1n) is 31.5. The van der Waals surface area contributed by atoms with Crippen LogP contribution in [0.3, 0.4) is 0 Å². The van der Waals surface area contributed by atoms with E-state index in [1.807, 2.05) is 23.5 Å². The van der Waals surface area contributed by atoms with Crippen LogP contribution in [0.2, 0.25) is 0 Å². The number of nitrogens with zero attached hydrogens (tertiary/aromatic N) is 2. The Bertz CT molecular complexity index is 4290. The molecule has 2 nitrogen and oxygen atoms in total. The standard InChI is InChI=1S/C82H78N2S2/c1-10-12-47-82(48-13-11-2)69-52-65(84-71-19-15-17-21-75(71)86-77-53-81(9,49-46-73(77)84)63-38-30-57(31-39-63)56-28-36-62(37-29-56)80(6,7)8)41-44-67(69)68-42-32-60-50-64(40-43-66(60)78(68)82)83-70-18-14-16-20-74(70)85-76-51-59(33-45-72(76)83)58-24-22-54(23-25-58)55-26-34-61(35-27-55)79(3,4)5/h14-46,50-53H,10-13,47-49H2,1-9H3. The van der Waals surface area contributed by atoms with Crippen molar-refractivity contribution in [3.8, 4) is 44.5 Å². The SMILES string of the molecule is CCCCC1(CCCC)c2cc(N3C4=CCC(C)(c5ccc(-c6ccc(C(C)(C)C)cc6)cc5)C=C4Sc4ccccc43)ccc2-c2ccc3cc(N4c5ccccc5Sc5cc(-c6ccc(-c7ccc(C(C)(C)C)cc7)cc6)ccc54)ccc3c21. The third-order valence-corrected chi connectivity index (χ3v) is 21.4. The van der Waals surface area contributed by atoms with Crippen LogP contribution in [-0.4, -0.2) is 0 Å². The van der Waals surface area contributed by atoms with Gasteiger partial charge in [0.05, 0.1) is 22.8 Å². The van der Waals surface area contributed by atoms with E-state index in [0.717, 1.165) is 32.1 Å². The highest BCUT2D eigenvalue weighted by Gasteiger charge is 2.45. The fourth-order valence-electron chi connectivity index (χ4n) is 14.2. The minimum Gasteiger partial charge on any atom is -0.309 e. The van der Waals surface area contributed by atoms with Gasteiger partial charge in [-0.3, -0.25) is 0 Å². The summed E-state index contributed by atoms with van der Waals surface area (Å²) in [5.74, 6) is 0. The molecule has 14 rings (SSSR count). The molecule has 4 aliphatic rings. The van der Waals surface area contributed by atoms with Crippen molar-refractivity contribution >= 4 is 62.7 Å². The first kappa shape index (κ1) is 56.1. The van der Waals surface area contributed by atoms with Crippen molar-refractivity contribution < 1.29 is 0 Å². The predicted octanol–water partition coefficient (Wildman–Crippen LogP) is 24.4. The van der Waals surface area contributed by atoms with Gasteiger partial charge >= 0.3 is 0 Å². The molecule has 4 heteroatoms.